The summed E-state index contributed by atoms with van der Waals surface area (Å²) < 4.78 is 0. The minimum atomic E-state index is -0.938. The van der Waals surface area contributed by atoms with Gasteiger partial charge in [0.1, 0.15) is 0 Å². The van der Waals surface area contributed by atoms with Crippen LogP contribution in [0.15, 0.2) is 18.2 Å². The SMILES string of the molecule is CN(Cc1cccc(N)c1C(=O)O)C1CCCCCC1. The Bertz CT molecular complexity index is 466. The maximum Gasteiger partial charge on any atom is 0.338 e. The Morgan fingerprint density at radius 3 is 2.55 bits per heavy atom. The van der Waals surface area contributed by atoms with Crippen molar-refractivity contribution < 1.29 is 9.90 Å². The Labute approximate surface area is 120 Å². The Kier molecular flexibility index (Phi) is 5.01. The first-order chi connectivity index (χ1) is 9.59. The van der Waals surface area contributed by atoms with Gasteiger partial charge in [0.15, 0.2) is 0 Å². The van der Waals surface area contributed by atoms with E-state index in [1.165, 1.54) is 38.5 Å². The second kappa shape index (κ2) is 6.75. The maximum atomic E-state index is 11.4. The normalized spacial score (nSPS) is 17.1. The molecule has 1 fully saturated rings. The lowest BCUT2D eigenvalue weighted by Gasteiger charge is -2.27. The molecule has 3 N–H and O–H groups in total. The van der Waals surface area contributed by atoms with Crippen LogP contribution < -0.4 is 5.73 Å². The summed E-state index contributed by atoms with van der Waals surface area (Å²) in [5, 5.41) is 9.32. The number of aromatic carboxylic acids is 1. The van der Waals surface area contributed by atoms with E-state index in [4.69, 9.17) is 5.73 Å². The van der Waals surface area contributed by atoms with Crippen LogP contribution in [0.25, 0.3) is 0 Å². The number of nitrogen functional groups attached to an aromatic ring is 1. The number of carboxylic acid groups (broad SMARTS) is 1. The molecular weight excluding hydrogens is 252 g/mol. The summed E-state index contributed by atoms with van der Waals surface area (Å²) in [7, 11) is 2.09. The van der Waals surface area contributed by atoms with Crippen molar-refractivity contribution in [2.45, 2.75) is 51.1 Å². The van der Waals surface area contributed by atoms with Gasteiger partial charge < -0.3 is 10.8 Å². The molecule has 0 unspecified atom stereocenters. The molecular formula is C16H24N2O2. The number of nitrogens with two attached hydrogens (primary N) is 1. The third kappa shape index (κ3) is 3.51. The predicted molar refractivity (Wildman–Crippen MR) is 80.8 cm³/mol. The summed E-state index contributed by atoms with van der Waals surface area (Å²) in [6, 6.07) is 5.91. The van der Waals surface area contributed by atoms with Gasteiger partial charge in [0.2, 0.25) is 0 Å². The van der Waals surface area contributed by atoms with E-state index in [9.17, 15) is 9.90 Å². The number of rotatable bonds is 4. The quantitative estimate of drug-likeness (QED) is 0.655. The van der Waals surface area contributed by atoms with Gasteiger partial charge in [0.25, 0.3) is 0 Å². The van der Waals surface area contributed by atoms with Gasteiger partial charge in [0, 0.05) is 18.3 Å². The van der Waals surface area contributed by atoms with E-state index >= 15 is 0 Å². The van der Waals surface area contributed by atoms with Crippen molar-refractivity contribution in [1.29, 1.82) is 0 Å². The molecule has 1 saturated carbocycles. The van der Waals surface area contributed by atoms with Crippen LogP contribution in [-0.2, 0) is 6.54 Å². The zero-order chi connectivity index (χ0) is 14.5. The molecule has 0 heterocycles. The average molecular weight is 276 g/mol. The molecule has 4 nitrogen and oxygen atoms in total. The third-order valence-corrected chi connectivity index (χ3v) is 4.26. The third-order valence-electron chi connectivity index (χ3n) is 4.26. The van der Waals surface area contributed by atoms with Crippen molar-refractivity contribution in [2.75, 3.05) is 12.8 Å². The highest BCUT2D eigenvalue weighted by Gasteiger charge is 2.20. The highest BCUT2D eigenvalue weighted by atomic mass is 16.4. The number of carbonyl (C=O) groups is 1. The molecule has 1 aliphatic rings. The van der Waals surface area contributed by atoms with Crippen LogP contribution in [0.2, 0.25) is 0 Å². The van der Waals surface area contributed by atoms with Crippen molar-refractivity contribution in [2.24, 2.45) is 0 Å². The number of hydrogen-bond acceptors (Lipinski definition) is 3. The fourth-order valence-electron chi connectivity index (χ4n) is 3.11. The van der Waals surface area contributed by atoms with Crippen LogP contribution in [0.5, 0.6) is 0 Å². The minimum absolute atomic E-state index is 0.257. The molecule has 0 aliphatic heterocycles. The summed E-state index contributed by atoms with van der Waals surface area (Å²) in [5.41, 5.74) is 7.22. The summed E-state index contributed by atoms with van der Waals surface area (Å²) in [4.78, 5) is 13.6. The Morgan fingerprint density at radius 1 is 1.30 bits per heavy atom. The van der Waals surface area contributed by atoms with E-state index in [1.807, 2.05) is 12.1 Å². The Hall–Kier alpha value is -1.55. The lowest BCUT2D eigenvalue weighted by atomic mass is 10.0. The zero-order valence-corrected chi connectivity index (χ0v) is 12.1. The van der Waals surface area contributed by atoms with Crippen molar-refractivity contribution in [1.82, 2.24) is 4.90 Å². The summed E-state index contributed by atoms with van der Waals surface area (Å²) in [6.45, 7) is 0.650. The highest BCUT2D eigenvalue weighted by molar-refractivity contribution is 5.95. The molecule has 0 radical (unpaired) electrons. The van der Waals surface area contributed by atoms with Gasteiger partial charge in [0.05, 0.1) is 5.56 Å². The first-order valence-corrected chi connectivity index (χ1v) is 7.40. The number of carboxylic acids is 1. The monoisotopic (exact) mass is 276 g/mol. The van der Waals surface area contributed by atoms with Crippen LogP contribution in [-0.4, -0.2) is 29.1 Å². The number of hydrogen-bond donors (Lipinski definition) is 2. The van der Waals surface area contributed by atoms with Crippen molar-refractivity contribution in [3.8, 4) is 0 Å². The van der Waals surface area contributed by atoms with Gasteiger partial charge in [-0.15, -0.1) is 0 Å². The average Bonchev–Trinajstić information content (AvgIpc) is 2.67. The molecule has 20 heavy (non-hydrogen) atoms. The second-order valence-corrected chi connectivity index (χ2v) is 5.75. The topological polar surface area (TPSA) is 66.6 Å². The smallest absolute Gasteiger partial charge is 0.338 e. The number of anilines is 1. The molecule has 4 heteroatoms. The molecule has 1 aromatic rings. The molecule has 0 atom stereocenters. The maximum absolute atomic E-state index is 11.4. The molecule has 0 aromatic heterocycles. The van der Waals surface area contributed by atoms with Crippen LogP contribution in [0, 0.1) is 0 Å². The molecule has 110 valence electrons. The van der Waals surface area contributed by atoms with Gasteiger partial charge in [-0.2, -0.15) is 0 Å². The first kappa shape index (κ1) is 14.9. The van der Waals surface area contributed by atoms with Crippen LogP contribution in [0.3, 0.4) is 0 Å². The lowest BCUT2D eigenvalue weighted by molar-refractivity contribution is 0.0695. The van der Waals surface area contributed by atoms with Gasteiger partial charge >= 0.3 is 5.97 Å². The fraction of sp³-hybridized carbons (Fsp3) is 0.562. The van der Waals surface area contributed by atoms with E-state index in [0.29, 0.717) is 18.3 Å². The first-order valence-electron chi connectivity index (χ1n) is 7.40. The number of nitrogens with zero attached hydrogens (tertiary/aromatic N) is 1. The number of benzene rings is 1. The minimum Gasteiger partial charge on any atom is -0.478 e. The van der Waals surface area contributed by atoms with Crippen LogP contribution in [0.1, 0.15) is 54.4 Å². The van der Waals surface area contributed by atoms with Crippen LogP contribution in [0.4, 0.5) is 5.69 Å². The molecule has 0 bridgehead atoms. The summed E-state index contributed by atoms with van der Waals surface area (Å²) in [6.07, 6.45) is 7.61. The van der Waals surface area contributed by atoms with Crippen molar-refractivity contribution >= 4 is 11.7 Å². The van der Waals surface area contributed by atoms with Gasteiger partial charge in [-0.3, -0.25) is 4.90 Å². The summed E-state index contributed by atoms with van der Waals surface area (Å²) >= 11 is 0. The zero-order valence-electron chi connectivity index (χ0n) is 12.1. The van der Waals surface area contributed by atoms with E-state index in [-0.39, 0.29) is 5.56 Å². The molecule has 2 rings (SSSR count). The standard InChI is InChI=1S/C16H24N2O2/c1-18(13-8-4-2-3-5-9-13)11-12-7-6-10-14(17)15(12)16(19)20/h6-7,10,13H,2-5,8-9,11,17H2,1H3,(H,19,20). The Balaban J connectivity index is 2.12. The van der Waals surface area contributed by atoms with Gasteiger partial charge in [-0.05, 0) is 31.5 Å². The Morgan fingerprint density at radius 2 is 1.95 bits per heavy atom. The van der Waals surface area contributed by atoms with Gasteiger partial charge in [-0.25, -0.2) is 4.79 Å². The van der Waals surface area contributed by atoms with Crippen LogP contribution >= 0.6 is 0 Å². The molecule has 0 amide bonds. The lowest BCUT2D eigenvalue weighted by Crippen LogP contribution is -2.31. The largest absolute Gasteiger partial charge is 0.478 e. The molecule has 0 spiro atoms. The highest BCUT2D eigenvalue weighted by Crippen LogP contribution is 2.24. The summed E-state index contributed by atoms with van der Waals surface area (Å²) in [5.74, 6) is -0.938. The van der Waals surface area contributed by atoms with E-state index in [0.717, 1.165) is 5.56 Å². The second-order valence-electron chi connectivity index (χ2n) is 5.75. The molecule has 1 aromatic carbocycles. The van der Waals surface area contributed by atoms with Crippen molar-refractivity contribution in [3.05, 3.63) is 29.3 Å². The van der Waals surface area contributed by atoms with Gasteiger partial charge in [-0.1, -0.05) is 37.8 Å². The molecule has 0 saturated heterocycles. The van der Waals surface area contributed by atoms with E-state index in [1.54, 1.807) is 6.07 Å². The fourth-order valence-corrected chi connectivity index (χ4v) is 3.11. The van der Waals surface area contributed by atoms with Crippen molar-refractivity contribution in [3.63, 3.8) is 0 Å². The predicted octanol–water partition coefficient (Wildman–Crippen LogP) is 3.12. The van der Waals surface area contributed by atoms with E-state index in [2.05, 4.69) is 11.9 Å². The molecule has 1 aliphatic carbocycles. The van der Waals surface area contributed by atoms with E-state index < -0.39 is 5.97 Å².